The molecule has 0 aliphatic heterocycles. The van der Waals surface area contributed by atoms with Gasteiger partial charge in [-0.1, -0.05) is 36.4 Å². The molecule has 1 amide bonds. The van der Waals surface area contributed by atoms with Gasteiger partial charge < -0.3 is 10.1 Å². The Labute approximate surface area is 199 Å². The van der Waals surface area contributed by atoms with Gasteiger partial charge in [0, 0.05) is 28.3 Å². The maximum absolute atomic E-state index is 13.0. The summed E-state index contributed by atoms with van der Waals surface area (Å²) < 4.78 is 43.4. The van der Waals surface area contributed by atoms with Gasteiger partial charge >= 0.3 is 12.1 Å². The lowest BCUT2D eigenvalue weighted by Crippen LogP contribution is -2.26. The molecule has 0 spiro atoms. The minimum Gasteiger partial charge on any atom is -0.452 e. The molecule has 4 rings (SSSR count). The van der Waals surface area contributed by atoms with E-state index in [2.05, 4.69) is 0 Å². The van der Waals surface area contributed by atoms with Gasteiger partial charge in [-0.25, -0.2) is 4.79 Å². The fourth-order valence-corrected chi connectivity index (χ4v) is 3.67. The van der Waals surface area contributed by atoms with Gasteiger partial charge in [0.25, 0.3) is 11.6 Å². The van der Waals surface area contributed by atoms with Gasteiger partial charge in [0.1, 0.15) is 5.69 Å². The normalized spacial score (nSPS) is 12.4. The fourth-order valence-electron chi connectivity index (χ4n) is 3.67. The number of hydrogen-bond donors (Lipinski definition) is 1. The van der Waals surface area contributed by atoms with E-state index in [9.17, 15) is 42.5 Å². The van der Waals surface area contributed by atoms with E-state index >= 15 is 0 Å². The van der Waals surface area contributed by atoms with Gasteiger partial charge in [0.05, 0.1) is 16.1 Å². The summed E-state index contributed by atoms with van der Waals surface area (Å²) in [5.41, 5.74) is -3.03. The first kappa shape index (κ1) is 24.3. The largest absolute Gasteiger partial charge is 0.452 e. The lowest BCUT2D eigenvalue weighted by Gasteiger charge is -2.19. The predicted molar refractivity (Wildman–Crippen MR) is 117 cm³/mol. The highest BCUT2D eigenvalue weighted by Crippen LogP contribution is 2.35. The zero-order valence-electron chi connectivity index (χ0n) is 17.9. The lowest BCUT2D eigenvalue weighted by atomic mass is 9.82. The molecule has 0 unspecified atom stereocenters. The molecule has 0 bridgehead atoms. The summed E-state index contributed by atoms with van der Waals surface area (Å²) in [5.74, 6) is -3.26. The first-order chi connectivity index (χ1) is 17.0. The summed E-state index contributed by atoms with van der Waals surface area (Å²) in [7, 11) is 0. The highest BCUT2D eigenvalue weighted by atomic mass is 19.4. The number of hydrogen-bond acceptors (Lipinski definition) is 7. The van der Waals surface area contributed by atoms with Crippen molar-refractivity contribution in [3.05, 3.63) is 104 Å². The van der Waals surface area contributed by atoms with E-state index in [1.807, 2.05) is 5.32 Å². The molecular weight excluding hydrogens is 485 g/mol. The van der Waals surface area contributed by atoms with Crippen molar-refractivity contribution in [2.45, 2.75) is 6.18 Å². The molecule has 0 saturated carbocycles. The number of amides is 1. The van der Waals surface area contributed by atoms with E-state index in [0.717, 1.165) is 0 Å². The molecule has 182 valence electrons. The van der Waals surface area contributed by atoms with Crippen molar-refractivity contribution in [3.8, 4) is 0 Å². The zero-order valence-corrected chi connectivity index (χ0v) is 17.9. The number of nitrogens with one attached hydrogen (secondary N) is 1. The van der Waals surface area contributed by atoms with Crippen molar-refractivity contribution in [1.82, 2.24) is 0 Å². The minimum absolute atomic E-state index is 0.0158. The average molecular weight is 498 g/mol. The van der Waals surface area contributed by atoms with E-state index in [4.69, 9.17) is 4.74 Å². The zero-order chi connectivity index (χ0) is 26.2. The topological polar surface area (TPSA) is 133 Å². The number of fused-ring (bicyclic) bond motifs is 2. The summed E-state index contributed by atoms with van der Waals surface area (Å²) in [5, 5.41) is 13.2. The van der Waals surface area contributed by atoms with Crippen LogP contribution in [0, 0.1) is 10.1 Å². The van der Waals surface area contributed by atoms with Crippen LogP contribution in [0.1, 0.15) is 47.8 Å². The third kappa shape index (κ3) is 4.43. The molecule has 3 aromatic rings. The number of carbonyl (C=O) groups excluding carboxylic acids is 4. The first-order valence-corrected chi connectivity index (χ1v) is 10.1. The van der Waals surface area contributed by atoms with Gasteiger partial charge in [-0.2, -0.15) is 13.2 Å². The Hall–Kier alpha value is -4.87. The van der Waals surface area contributed by atoms with Crippen LogP contribution < -0.4 is 5.32 Å². The highest BCUT2D eigenvalue weighted by molar-refractivity contribution is 6.30. The Morgan fingerprint density at radius 3 is 2.19 bits per heavy atom. The Morgan fingerprint density at radius 2 is 1.56 bits per heavy atom. The highest BCUT2D eigenvalue weighted by Gasteiger charge is 2.34. The molecule has 0 saturated heterocycles. The number of ether oxygens (including phenoxy) is 1. The monoisotopic (exact) mass is 498 g/mol. The van der Waals surface area contributed by atoms with Crippen LogP contribution in [0.3, 0.4) is 0 Å². The molecule has 3 aromatic carbocycles. The molecule has 0 atom stereocenters. The molecule has 1 N–H and O–H groups in total. The van der Waals surface area contributed by atoms with Crippen LogP contribution in [0.5, 0.6) is 0 Å². The number of nitro groups is 1. The van der Waals surface area contributed by atoms with Gasteiger partial charge in [0.2, 0.25) is 0 Å². The van der Waals surface area contributed by atoms with Crippen molar-refractivity contribution < 1.29 is 42.0 Å². The van der Waals surface area contributed by atoms with Crippen molar-refractivity contribution in [2.75, 3.05) is 11.9 Å². The first-order valence-electron chi connectivity index (χ1n) is 10.1. The number of anilines is 1. The summed E-state index contributed by atoms with van der Waals surface area (Å²) in [6.45, 7) is -0.973. The van der Waals surface area contributed by atoms with Crippen LogP contribution in [0.4, 0.5) is 24.5 Å². The van der Waals surface area contributed by atoms with Crippen molar-refractivity contribution in [3.63, 3.8) is 0 Å². The Balaban J connectivity index is 1.52. The predicted octanol–water partition coefficient (Wildman–Crippen LogP) is 4.18. The molecule has 0 fully saturated rings. The number of rotatable bonds is 5. The fraction of sp³-hybridized carbons (Fsp3) is 0.0833. The van der Waals surface area contributed by atoms with Crippen LogP contribution in [0.2, 0.25) is 0 Å². The van der Waals surface area contributed by atoms with Crippen molar-refractivity contribution >= 4 is 34.8 Å². The third-order valence-corrected chi connectivity index (χ3v) is 5.30. The SMILES string of the molecule is O=C(COC(=O)c1cccc2c1C(=O)c1ccccc1C2=O)Nc1ccc(C(F)(F)F)cc1[N+](=O)[O-]. The van der Waals surface area contributed by atoms with E-state index in [1.165, 1.54) is 30.3 Å². The number of benzene rings is 3. The minimum atomic E-state index is -4.84. The summed E-state index contributed by atoms with van der Waals surface area (Å²) >= 11 is 0. The third-order valence-electron chi connectivity index (χ3n) is 5.30. The van der Waals surface area contributed by atoms with Crippen LogP contribution >= 0.6 is 0 Å². The molecule has 1 aliphatic carbocycles. The van der Waals surface area contributed by atoms with E-state index in [-0.39, 0.29) is 33.9 Å². The van der Waals surface area contributed by atoms with Crippen LogP contribution in [0.25, 0.3) is 0 Å². The molecule has 0 radical (unpaired) electrons. The number of nitrogens with zero attached hydrogens (tertiary/aromatic N) is 1. The number of ketones is 2. The standard InChI is InChI=1S/C24H13F3N2O7/c25-24(26,27)12-8-9-17(18(10-12)29(34)35)28-19(30)11-36-23(33)16-7-3-6-15-20(16)22(32)14-5-2-1-4-13(14)21(15)31/h1-10H,11H2,(H,28,30). The smallest absolute Gasteiger partial charge is 0.416 e. The number of nitro benzene ring substituents is 1. The second-order valence-electron chi connectivity index (χ2n) is 7.54. The van der Waals surface area contributed by atoms with Gasteiger partial charge in [0.15, 0.2) is 18.2 Å². The second kappa shape index (κ2) is 9.06. The van der Waals surface area contributed by atoms with Gasteiger partial charge in [-0.3, -0.25) is 24.5 Å². The average Bonchev–Trinajstić information content (AvgIpc) is 2.84. The summed E-state index contributed by atoms with van der Waals surface area (Å²) in [6.07, 6.45) is -4.84. The lowest BCUT2D eigenvalue weighted by molar-refractivity contribution is -0.384. The maximum atomic E-state index is 13.0. The van der Waals surface area contributed by atoms with Crippen LogP contribution in [-0.2, 0) is 15.7 Å². The van der Waals surface area contributed by atoms with Gasteiger partial charge in [-0.15, -0.1) is 0 Å². The number of carbonyl (C=O) groups is 4. The van der Waals surface area contributed by atoms with Crippen molar-refractivity contribution in [1.29, 1.82) is 0 Å². The summed E-state index contributed by atoms with van der Waals surface area (Å²) in [6, 6.07) is 11.5. The second-order valence-corrected chi connectivity index (χ2v) is 7.54. The Kier molecular flexibility index (Phi) is 6.10. The van der Waals surface area contributed by atoms with E-state index in [1.54, 1.807) is 12.1 Å². The molecule has 0 aromatic heterocycles. The Morgan fingerprint density at radius 1 is 0.917 bits per heavy atom. The number of halogens is 3. The van der Waals surface area contributed by atoms with Crippen LogP contribution in [-0.4, -0.2) is 35.0 Å². The molecule has 36 heavy (non-hydrogen) atoms. The molecular formula is C24H13F3N2O7. The molecule has 9 nitrogen and oxygen atoms in total. The molecule has 0 heterocycles. The molecule has 1 aliphatic rings. The summed E-state index contributed by atoms with van der Waals surface area (Å²) in [4.78, 5) is 60.7. The number of alkyl halides is 3. The van der Waals surface area contributed by atoms with E-state index in [0.29, 0.717) is 12.1 Å². The quantitative estimate of drug-likeness (QED) is 0.248. The van der Waals surface area contributed by atoms with E-state index < -0.39 is 58.1 Å². The number of esters is 1. The maximum Gasteiger partial charge on any atom is 0.416 e. The van der Waals surface area contributed by atoms with Gasteiger partial charge in [-0.05, 0) is 18.2 Å². The van der Waals surface area contributed by atoms with Crippen LogP contribution in [0.15, 0.2) is 60.7 Å². The van der Waals surface area contributed by atoms with Crippen molar-refractivity contribution in [2.24, 2.45) is 0 Å². The Bertz CT molecular complexity index is 1460. The molecule has 12 heteroatoms.